The summed E-state index contributed by atoms with van der Waals surface area (Å²) in [4.78, 5) is 16.1. The fraction of sp³-hybridized carbons (Fsp3) is 0.375. The minimum Gasteiger partial charge on any atom is -0.373 e. The molecular weight excluding hydrogens is 462 g/mol. The second-order valence-corrected chi connectivity index (χ2v) is 11.0. The number of aromatic nitrogens is 1. The highest BCUT2D eigenvalue weighted by atomic mass is 35.5. The lowest BCUT2D eigenvalue weighted by Crippen LogP contribution is -2.48. The van der Waals surface area contributed by atoms with E-state index >= 15 is 0 Å². The average Bonchev–Trinajstić information content (AvgIpc) is 3.04. The maximum atomic E-state index is 13.3. The van der Waals surface area contributed by atoms with E-state index in [0.717, 1.165) is 22.2 Å². The highest BCUT2D eigenvalue weighted by Crippen LogP contribution is 2.28. The van der Waals surface area contributed by atoms with Gasteiger partial charge in [-0.1, -0.05) is 17.7 Å². The number of hydrogen-bond acceptors (Lipinski definition) is 4. The Morgan fingerprint density at radius 2 is 1.85 bits per heavy atom. The molecule has 0 saturated carbocycles. The molecule has 7 nitrogen and oxygen atoms in total. The molecule has 1 fully saturated rings. The van der Waals surface area contributed by atoms with Gasteiger partial charge in [0.1, 0.15) is 4.90 Å². The number of sulfonamides is 1. The predicted octanol–water partition coefficient (Wildman–Crippen LogP) is 4.17. The second kappa shape index (κ2) is 9.10. The number of ether oxygens (including phenoxy) is 1. The number of aryl methyl sites for hydroxylation is 2. The lowest BCUT2D eigenvalue weighted by Gasteiger charge is -2.34. The van der Waals surface area contributed by atoms with Gasteiger partial charge >= 0.3 is 0 Å². The van der Waals surface area contributed by atoms with Crippen LogP contribution in [0.4, 0.5) is 0 Å². The number of carbonyl (C=O) groups is 1. The summed E-state index contributed by atoms with van der Waals surface area (Å²) in [5, 5.41) is 4.08. The van der Waals surface area contributed by atoms with Gasteiger partial charge in [-0.15, -0.1) is 0 Å². The van der Waals surface area contributed by atoms with Gasteiger partial charge in [0.15, 0.2) is 0 Å². The van der Waals surface area contributed by atoms with E-state index in [2.05, 4.69) is 17.2 Å². The van der Waals surface area contributed by atoms with E-state index in [0.29, 0.717) is 6.54 Å². The Hall–Kier alpha value is -2.39. The molecule has 3 aromatic rings. The van der Waals surface area contributed by atoms with Gasteiger partial charge in [0.25, 0.3) is 5.91 Å². The van der Waals surface area contributed by atoms with Crippen LogP contribution in [0.15, 0.2) is 41.3 Å². The zero-order valence-electron chi connectivity index (χ0n) is 19.1. The van der Waals surface area contributed by atoms with Crippen molar-refractivity contribution in [2.75, 3.05) is 13.1 Å². The van der Waals surface area contributed by atoms with E-state index in [1.807, 2.05) is 39.0 Å². The molecule has 1 aromatic heterocycles. The van der Waals surface area contributed by atoms with Gasteiger partial charge in [0.2, 0.25) is 10.0 Å². The molecule has 0 aliphatic carbocycles. The summed E-state index contributed by atoms with van der Waals surface area (Å²) >= 11 is 6.25. The molecular formula is C24H28ClN3O4S. The Labute approximate surface area is 199 Å². The average molecular weight is 490 g/mol. The van der Waals surface area contributed by atoms with Crippen molar-refractivity contribution >= 4 is 38.4 Å². The molecule has 2 N–H and O–H groups in total. The third-order valence-corrected chi connectivity index (χ3v) is 8.34. The number of nitrogens with one attached hydrogen (secondary N) is 2. The molecule has 2 atom stereocenters. The molecule has 1 aliphatic heterocycles. The number of hydrogen-bond donors (Lipinski definition) is 2. The Morgan fingerprint density at radius 3 is 2.55 bits per heavy atom. The third-order valence-electron chi connectivity index (χ3n) is 6.02. The van der Waals surface area contributed by atoms with Crippen LogP contribution in [0, 0.1) is 13.8 Å². The van der Waals surface area contributed by atoms with Crippen molar-refractivity contribution in [2.45, 2.75) is 51.3 Å². The summed E-state index contributed by atoms with van der Waals surface area (Å²) in [6.07, 6.45) is -0.447. The van der Waals surface area contributed by atoms with E-state index in [4.69, 9.17) is 16.3 Å². The summed E-state index contributed by atoms with van der Waals surface area (Å²) < 4.78 is 33.5. The van der Waals surface area contributed by atoms with Gasteiger partial charge in [-0.2, -0.15) is 4.31 Å². The topological polar surface area (TPSA) is 91.5 Å². The van der Waals surface area contributed by atoms with E-state index in [-0.39, 0.29) is 46.7 Å². The van der Waals surface area contributed by atoms with Crippen molar-refractivity contribution in [1.29, 1.82) is 0 Å². The lowest BCUT2D eigenvalue weighted by molar-refractivity contribution is -0.0440. The molecule has 0 spiro atoms. The zero-order valence-corrected chi connectivity index (χ0v) is 20.7. The first-order valence-corrected chi connectivity index (χ1v) is 12.7. The maximum Gasteiger partial charge on any atom is 0.251 e. The number of morpholine rings is 1. The first kappa shape index (κ1) is 23.8. The van der Waals surface area contributed by atoms with Crippen LogP contribution in [-0.4, -0.2) is 48.9 Å². The van der Waals surface area contributed by atoms with Crippen molar-refractivity contribution in [3.05, 3.63) is 63.8 Å². The van der Waals surface area contributed by atoms with Gasteiger partial charge < -0.3 is 15.0 Å². The van der Waals surface area contributed by atoms with Crippen LogP contribution >= 0.6 is 11.6 Å². The number of H-pyrrole nitrogens is 1. The second-order valence-electron chi connectivity index (χ2n) is 8.66. The van der Waals surface area contributed by atoms with Crippen molar-refractivity contribution in [2.24, 2.45) is 0 Å². The van der Waals surface area contributed by atoms with Crippen molar-refractivity contribution in [3.8, 4) is 0 Å². The summed E-state index contributed by atoms with van der Waals surface area (Å²) in [7, 11) is -3.87. The molecule has 2 heterocycles. The molecule has 4 rings (SSSR count). The van der Waals surface area contributed by atoms with E-state index in [9.17, 15) is 13.2 Å². The van der Waals surface area contributed by atoms with Gasteiger partial charge in [-0.25, -0.2) is 8.42 Å². The molecule has 1 aliphatic rings. The summed E-state index contributed by atoms with van der Waals surface area (Å²) in [6.45, 7) is 8.54. The lowest BCUT2D eigenvalue weighted by atomic mass is 10.1. The van der Waals surface area contributed by atoms with Gasteiger partial charge in [-0.05, 0) is 69.2 Å². The Bertz CT molecular complexity index is 1310. The van der Waals surface area contributed by atoms with Crippen LogP contribution in [0.3, 0.4) is 0 Å². The molecule has 9 heteroatoms. The van der Waals surface area contributed by atoms with Gasteiger partial charge in [0.05, 0.1) is 17.2 Å². The van der Waals surface area contributed by atoms with Crippen LogP contribution in [0.1, 0.15) is 41.0 Å². The standard InChI is InChI=1S/C24H28ClN3O4S/c1-14-12-28(13-15(2)32-14)33(30,31)23-10-19(6-7-21(23)25)24(29)26-11-18-5-8-22-20(9-18)16(3)17(4)27-22/h5-10,14-15,27H,11-13H2,1-4H3,(H,26,29). The van der Waals surface area contributed by atoms with E-state index < -0.39 is 10.0 Å². The number of nitrogens with zero attached hydrogens (tertiary/aromatic N) is 1. The summed E-state index contributed by atoms with van der Waals surface area (Å²) in [5.74, 6) is -0.367. The molecule has 2 unspecified atom stereocenters. The van der Waals surface area contributed by atoms with Crippen molar-refractivity contribution in [1.82, 2.24) is 14.6 Å². The molecule has 176 valence electrons. The normalized spacial score (nSPS) is 19.7. The molecule has 1 amide bonds. The predicted molar refractivity (Wildman–Crippen MR) is 129 cm³/mol. The molecule has 2 aromatic carbocycles. The fourth-order valence-electron chi connectivity index (χ4n) is 4.21. The zero-order chi connectivity index (χ0) is 23.9. The van der Waals surface area contributed by atoms with Gasteiger partial charge in [0, 0.05) is 41.8 Å². The van der Waals surface area contributed by atoms with E-state index in [1.54, 1.807) is 0 Å². The number of aromatic amines is 1. The third kappa shape index (κ3) is 4.80. The Kier molecular flexibility index (Phi) is 6.55. The van der Waals surface area contributed by atoms with E-state index in [1.165, 1.54) is 28.1 Å². The SMILES string of the molecule is Cc1[nH]c2ccc(CNC(=O)c3ccc(Cl)c(S(=O)(=O)N4CC(C)OC(C)C4)c3)cc2c1C. The van der Waals surface area contributed by atoms with Crippen LogP contribution in [0.2, 0.25) is 5.02 Å². The smallest absolute Gasteiger partial charge is 0.251 e. The summed E-state index contributed by atoms with van der Waals surface area (Å²) in [6, 6.07) is 10.3. The highest BCUT2D eigenvalue weighted by Gasteiger charge is 2.33. The number of amides is 1. The number of benzene rings is 2. The number of halogens is 1. The first-order valence-electron chi connectivity index (χ1n) is 10.9. The fourth-order valence-corrected chi connectivity index (χ4v) is 6.30. The van der Waals surface area contributed by atoms with Gasteiger partial charge in [-0.3, -0.25) is 4.79 Å². The minimum absolute atomic E-state index is 0.0713. The molecule has 0 radical (unpaired) electrons. The number of fused-ring (bicyclic) bond motifs is 1. The highest BCUT2D eigenvalue weighted by molar-refractivity contribution is 7.89. The monoisotopic (exact) mass is 489 g/mol. The maximum absolute atomic E-state index is 13.3. The molecule has 0 bridgehead atoms. The van der Waals surface area contributed by atoms with Crippen LogP contribution in [0.5, 0.6) is 0 Å². The number of carbonyl (C=O) groups excluding carboxylic acids is 1. The Balaban J connectivity index is 1.53. The Morgan fingerprint density at radius 1 is 1.15 bits per heavy atom. The van der Waals surface area contributed by atoms with Crippen LogP contribution in [0.25, 0.3) is 10.9 Å². The van der Waals surface area contributed by atoms with Crippen molar-refractivity contribution in [3.63, 3.8) is 0 Å². The summed E-state index contributed by atoms with van der Waals surface area (Å²) in [5.41, 5.74) is 4.54. The number of rotatable bonds is 5. The first-order chi connectivity index (χ1) is 15.6. The quantitative estimate of drug-likeness (QED) is 0.562. The molecule has 1 saturated heterocycles. The van der Waals surface area contributed by atoms with Crippen molar-refractivity contribution < 1.29 is 17.9 Å². The minimum atomic E-state index is -3.87. The van der Waals surface area contributed by atoms with Crippen LogP contribution < -0.4 is 5.32 Å². The van der Waals surface area contributed by atoms with Crippen LogP contribution in [-0.2, 0) is 21.3 Å². The molecule has 33 heavy (non-hydrogen) atoms. The largest absolute Gasteiger partial charge is 0.373 e.